The minimum Gasteiger partial charge on any atom is -0.504 e. The van der Waals surface area contributed by atoms with Gasteiger partial charge in [0.1, 0.15) is 5.75 Å². The molecule has 1 aliphatic carbocycles. The SMILES string of the molecule is COc1ccc(/C=C/c2cc(OC)c(O)c(C3=CC(=O)C=CC3=O)c2)cc1. The first-order chi connectivity index (χ1) is 13.0. The number of hydrogen-bond donors (Lipinski definition) is 1. The van der Waals surface area contributed by atoms with E-state index in [0.29, 0.717) is 5.56 Å². The quantitative estimate of drug-likeness (QED) is 0.649. The van der Waals surface area contributed by atoms with Crippen molar-refractivity contribution in [2.45, 2.75) is 0 Å². The Hall–Kier alpha value is -3.60. The molecule has 0 heterocycles. The standard InChI is InChI=1S/C22H18O5/c1-26-17-8-5-14(6-9-17)3-4-15-11-19(22(25)21(12-15)27-2)18-13-16(23)7-10-20(18)24/h3-13,25H,1-2H3/b4-3+. The lowest BCUT2D eigenvalue weighted by molar-refractivity contribution is -0.113. The van der Waals surface area contributed by atoms with Crippen LogP contribution in [0.2, 0.25) is 0 Å². The van der Waals surface area contributed by atoms with Crippen molar-refractivity contribution in [2.75, 3.05) is 14.2 Å². The van der Waals surface area contributed by atoms with Crippen LogP contribution in [0.15, 0.2) is 54.6 Å². The Morgan fingerprint density at radius 3 is 2.26 bits per heavy atom. The molecule has 5 heteroatoms. The highest BCUT2D eigenvalue weighted by atomic mass is 16.5. The van der Waals surface area contributed by atoms with E-state index in [2.05, 4.69) is 0 Å². The third-order valence-electron chi connectivity index (χ3n) is 4.14. The minimum atomic E-state index is -0.344. The fraction of sp³-hybridized carbons (Fsp3) is 0.0909. The van der Waals surface area contributed by atoms with Gasteiger partial charge in [-0.2, -0.15) is 0 Å². The molecule has 1 aliphatic rings. The summed E-state index contributed by atoms with van der Waals surface area (Å²) >= 11 is 0. The van der Waals surface area contributed by atoms with Crippen molar-refractivity contribution in [1.29, 1.82) is 0 Å². The Kier molecular flexibility index (Phi) is 5.22. The van der Waals surface area contributed by atoms with E-state index in [1.165, 1.54) is 25.3 Å². The van der Waals surface area contributed by atoms with Gasteiger partial charge in [-0.15, -0.1) is 0 Å². The Labute approximate surface area is 156 Å². The van der Waals surface area contributed by atoms with Crippen molar-refractivity contribution in [2.24, 2.45) is 0 Å². The Balaban J connectivity index is 2.00. The predicted molar refractivity (Wildman–Crippen MR) is 104 cm³/mol. The van der Waals surface area contributed by atoms with E-state index in [9.17, 15) is 14.7 Å². The molecule has 136 valence electrons. The Bertz CT molecular complexity index is 979. The lowest BCUT2D eigenvalue weighted by Gasteiger charge is -2.13. The summed E-state index contributed by atoms with van der Waals surface area (Å²) in [5, 5.41) is 10.4. The minimum absolute atomic E-state index is 0.137. The molecule has 1 N–H and O–H groups in total. The number of rotatable bonds is 5. The molecule has 0 atom stereocenters. The molecule has 5 nitrogen and oxygen atoms in total. The van der Waals surface area contributed by atoms with E-state index >= 15 is 0 Å². The lowest BCUT2D eigenvalue weighted by atomic mass is 9.93. The molecule has 0 saturated carbocycles. The summed E-state index contributed by atoms with van der Waals surface area (Å²) in [5.74, 6) is 0.158. The molecular formula is C22H18O5. The normalized spacial score (nSPS) is 13.8. The number of phenolic OH excluding ortho intramolecular Hbond substituents is 1. The second-order valence-corrected chi connectivity index (χ2v) is 5.88. The molecule has 2 aromatic carbocycles. The second kappa shape index (κ2) is 7.74. The number of carbonyl (C=O) groups is 2. The summed E-state index contributed by atoms with van der Waals surface area (Å²) in [5.41, 5.74) is 2.06. The van der Waals surface area contributed by atoms with Crippen molar-refractivity contribution in [3.05, 3.63) is 71.3 Å². The maximum atomic E-state index is 12.2. The van der Waals surface area contributed by atoms with Crippen molar-refractivity contribution < 1.29 is 24.2 Å². The van der Waals surface area contributed by atoms with Gasteiger partial charge in [-0.3, -0.25) is 9.59 Å². The molecule has 27 heavy (non-hydrogen) atoms. The number of ether oxygens (including phenoxy) is 2. The molecule has 0 unspecified atom stereocenters. The zero-order chi connectivity index (χ0) is 19.4. The van der Waals surface area contributed by atoms with Gasteiger partial charge >= 0.3 is 0 Å². The van der Waals surface area contributed by atoms with Crippen LogP contribution in [0.3, 0.4) is 0 Å². The van der Waals surface area contributed by atoms with Gasteiger partial charge in [0, 0.05) is 11.1 Å². The Morgan fingerprint density at radius 2 is 1.59 bits per heavy atom. The fourth-order valence-corrected chi connectivity index (χ4v) is 2.71. The smallest absolute Gasteiger partial charge is 0.186 e. The predicted octanol–water partition coefficient (Wildman–Crippen LogP) is 3.67. The van der Waals surface area contributed by atoms with Crippen molar-refractivity contribution in [1.82, 2.24) is 0 Å². The number of benzene rings is 2. The zero-order valence-electron chi connectivity index (χ0n) is 14.9. The summed E-state index contributed by atoms with van der Waals surface area (Å²) in [7, 11) is 3.04. The van der Waals surface area contributed by atoms with Gasteiger partial charge in [0.05, 0.1) is 14.2 Å². The van der Waals surface area contributed by atoms with Crippen LogP contribution in [-0.4, -0.2) is 30.9 Å². The van der Waals surface area contributed by atoms with Crippen LogP contribution in [0.1, 0.15) is 16.7 Å². The maximum absolute atomic E-state index is 12.2. The van der Waals surface area contributed by atoms with Gasteiger partial charge in [-0.05, 0) is 53.6 Å². The number of phenols is 1. The molecule has 0 bridgehead atoms. The Morgan fingerprint density at radius 1 is 0.889 bits per heavy atom. The molecule has 0 saturated heterocycles. The van der Waals surface area contributed by atoms with E-state index in [-0.39, 0.29) is 34.2 Å². The van der Waals surface area contributed by atoms with Gasteiger partial charge in [0.25, 0.3) is 0 Å². The number of methoxy groups -OCH3 is 2. The van der Waals surface area contributed by atoms with E-state index in [1.54, 1.807) is 19.2 Å². The van der Waals surface area contributed by atoms with Crippen LogP contribution in [-0.2, 0) is 9.59 Å². The summed E-state index contributed by atoms with van der Waals surface area (Å²) < 4.78 is 10.4. The number of ketones is 2. The van der Waals surface area contributed by atoms with E-state index in [4.69, 9.17) is 9.47 Å². The topological polar surface area (TPSA) is 72.8 Å². The number of carbonyl (C=O) groups excluding carboxylic acids is 2. The largest absolute Gasteiger partial charge is 0.504 e. The summed E-state index contributed by atoms with van der Waals surface area (Å²) in [6.45, 7) is 0. The molecule has 0 spiro atoms. The first-order valence-corrected chi connectivity index (χ1v) is 8.23. The monoisotopic (exact) mass is 362 g/mol. The van der Waals surface area contributed by atoms with Gasteiger partial charge in [-0.1, -0.05) is 24.3 Å². The first-order valence-electron chi connectivity index (χ1n) is 8.23. The van der Waals surface area contributed by atoms with Gasteiger partial charge in [0.15, 0.2) is 23.1 Å². The number of allylic oxidation sites excluding steroid dienone is 4. The lowest BCUT2D eigenvalue weighted by Crippen LogP contribution is -2.07. The van der Waals surface area contributed by atoms with Crippen molar-refractivity contribution in [3.8, 4) is 17.2 Å². The average molecular weight is 362 g/mol. The third kappa shape index (κ3) is 3.98. The summed E-state index contributed by atoms with van der Waals surface area (Å²) in [6, 6.07) is 10.8. The molecule has 0 fully saturated rings. The van der Waals surface area contributed by atoms with Crippen molar-refractivity contribution in [3.63, 3.8) is 0 Å². The highest BCUT2D eigenvalue weighted by Crippen LogP contribution is 2.37. The second-order valence-electron chi connectivity index (χ2n) is 5.88. The van der Waals surface area contributed by atoms with Gasteiger partial charge < -0.3 is 14.6 Å². The number of aromatic hydroxyl groups is 1. The summed E-state index contributed by atoms with van der Waals surface area (Å²) in [4.78, 5) is 23.8. The molecule has 0 aromatic heterocycles. The highest BCUT2D eigenvalue weighted by Gasteiger charge is 2.21. The molecule has 0 amide bonds. The van der Waals surface area contributed by atoms with Crippen LogP contribution in [0.5, 0.6) is 17.2 Å². The van der Waals surface area contributed by atoms with Gasteiger partial charge in [0.2, 0.25) is 0 Å². The van der Waals surface area contributed by atoms with E-state index in [0.717, 1.165) is 11.3 Å². The maximum Gasteiger partial charge on any atom is 0.186 e. The van der Waals surface area contributed by atoms with Crippen LogP contribution in [0.4, 0.5) is 0 Å². The molecule has 2 aromatic rings. The van der Waals surface area contributed by atoms with Crippen LogP contribution in [0, 0.1) is 0 Å². The van der Waals surface area contributed by atoms with Gasteiger partial charge in [-0.25, -0.2) is 0 Å². The third-order valence-corrected chi connectivity index (χ3v) is 4.14. The molecular weight excluding hydrogens is 344 g/mol. The molecule has 3 rings (SSSR count). The molecule has 0 radical (unpaired) electrons. The van der Waals surface area contributed by atoms with Crippen LogP contribution < -0.4 is 9.47 Å². The van der Waals surface area contributed by atoms with Crippen LogP contribution in [0.25, 0.3) is 17.7 Å². The van der Waals surface area contributed by atoms with Crippen molar-refractivity contribution >= 4 is 29.3 Å². The average Bonchev–Trinajstić information content (AvgIpc) is 2.69. The highest BCUT2D eigenvalue weighted by molar-refractivity contribution is 6.34. The first kappa shape index (κ1) is 18.2. The molecule has 0 aliphatic heterocycles. The van der Waals surface area contributed by atoms with Crippen LogP contribution >= 0.6 is 0 Å². The summed E-state index contributed by atoms with van der Waals surface area (Å²) in [6.07, 6.45) is 7.33. The zero-order valence-corrected chi connectivity index (χ0v) is 14.9. The fourth-order valence-electron chi connectivity index (χ4n) is 2.71. The number of hydrogen-bond acceptors (Lipinski definition) is 5. The van der Waals surface area contributed by atoms with E-state index in [1.807, 2.05) is 36.4 Å². The van der Waals surface area contributed by atoms with E-state index < -0.39 is 0 Å².